The van der Waals surface area contributed by atoms with E-state index in [1.807, 2.05) is 44.2 Å². The molecule has 1 aromatic carbocycles. The van der Waals surface area contributed by atoms with Crippen molar-refractivity contribution < 1.29 is 14.7 Å². The molecule has 2 rings (SSSR count). The summed E-state index contributed by atoms with van der Waals surface area (Å²) >= 11 is 0. The molecule has 0 atom stereocenters. The largest absolute Gasteiger partial charge is 0.463 e. The molecule has 1 aliphatic heterocycles. The summed E-state index contributed by atoms with van der Waals surface area (Å²) in [7, 11) is 0. The summed E-state index contributed by atoms with van der Waals surface area (Å²) < 4.78 is 5.19. The second kappa shape index (κ2) is 5.28. The first-order chi connectivity index (χ1) is 9.74. The SMILES string of the molecule is CCOC(=O)C1=C(c2ccccc2)C(C)(C)N([O])C1(C)C. The van der Waals surface area contributed by atoms with Crippen molar-refractivity contribution >= 4 is 11.5 Å². The van der Waals surface area contributed by atoms with Crippen LogP contribution >= 0.6 is 0 Å². The molecule has 4 heteroatoms. The highest BCUT2D eigenvalue weighted by atomic mass is 16.5. The molecule has 0 unspecified atom stereocenters. The van der Waals surface area contributed by atoms with Crippen LogP contribution in [0.1, 0.15) is 40.2 Å². The molecule has 1 radical (unpaired) electrons. The van der Waals surface area contributed by atoms with Crippen LogP contribution in [0.4, 0.5) is 0 Å². The van der Waals surface area contributed by atoms with E-state index >= 15 is 0 Å². The van der Waals surface area contributed by atoms with Crippen molar-refractivity contribution in [3.05, 3.63) is 41.5 Å². The zero-order valence-electron chi connectivity index (χ0n) is 13.3. The minimum absolute atomic E-state index is 0.291. The van der Waals surface area contributed by atoms with Gasteiger partial charge in [0.05, 0.1) is 23.3 Å². The Kier molecular flexibility index (Phi) is 3.95. The highest BCUT2D eigenvalue weighted by Crippen LogP contribution is 2.49. The third-order valence-electron chi connectivity index (χ3n) is 4.03. The van der Waals surface area contributed by atoms with E-state index < -0.39 is 17.0 Å². The van der Waals surface area contributed by atoms with Crippen LogP contribution in [0, 0.1) is 0 Å². The average molecular weight is 288 g/mol. The lowest BCUT2D eigenvalue weighted by Crippen LogP contribution is -2.48. The molecule has 4 nitrogen and oxygen atoms in total. The van der Waals surface area contributed by atoms with E-state index in [4.69, 9.17) is 4.74 Å². The van der Waals surface area contributed by atoms with Gasteiger partial charge in [-0.2, -0.15) is 0 Å². The van der Waals surface area contributed by atoms with Crippen LogP contribution in [0.5, 0.6) is 0 Å². The summed E-state index contributed by atoms with van der Waals surface area (Å²) in [5.74, 6) is -0.409. The molecule has 1 aromatic rings. The van der Waals surface area contributed by atoms with Crippen LogP contribution in [0.2, 0.25) is 0 Å². The lowest BCUT2D eigenvalue weighted by Gasteiger charge is -2.34. The summed E-state index contributed by atoms with van der Waals surface area (Å²) in [6.07, 6.45) is 0. The van der Waals surface area contributed by atoms with Gasteiger partial charge >= 0.3 is 5.97 Å². The van der Waals surface area contributed by atoms with Crippen LogP contribution in [0.3, 0.4) is 0 Å². The average Bonchev–Trinajstić information content (AvgIpc) is 2.57. The molecule has 0 bridgehead atoms. The maximum Gasteiger partial charge on any atom is 0.336 e. The van der Waals surface area contributed by atoms with E-state index in [-0.39, 0.29) is 0 Å². The summed E-state index contributed by atoms with van der Waals surface area (Å²) in [4.78, 5) is 12.4. The quantitative estimate of drug-likeness (QED) is 0.802. The van der Waals surface area contributed by atoms with Gasteiger partial charge in [0.15, 0.2) is 0 Å². The van der Waals surface area contributed by atoms with Gasteiger partial charge in [-0.15, -0.1) is 10.3 Å². The monoisotopic (exact) mass is 288 g/mol. The fourth-order valence-electron chi connectivity index (χ4n) is 3.17. The van der Waals surface area contributed by atoms with Crippen LogP contribution in [0.15, 0.2) is 35.9 Å². The summed E-state index contributed by atoms with van der Waals surface area (Å²) in [6, 6.07) is 9.57. The summed E-state index contributed by atoms with van der Waals surface area (Å²) in [6.45, 7) is 9.28. The standard InChI is InChI=1S/C17H22NO3/c1-6-21-15(19)14-13(12-10-8-7-9-11-12)16(2,3)18(20)17(14,4)5/h7-11H,6H2,1-5H3. The van der Waals surface area contributed by atoms with E-state index in [9.17, 15) is 10.0 Å². The summed E-state index contributed by atoms with van der Waals surface area (Å²) in [5, 5.41) is 13.7. The number of carbonyl (C=O) groups excluding carboxylic acids is 1. The highest BCUT2D eigenvalue weighted by Gasteiger charge is 2.54. The fourth-order valence-corrected chi connectivity index (χ4v) is 3.17. The zero-order valence-corrected chi connectivity index (χ0v) is 13.3. The number of carbonyl (C=O) groups is 1. The van der Waals surface area contributed by atoms with Crippen LogP contribution in [0.25, 0.3) is 5.57 Å². The lowest BCUT2D eigenvalue weighted by molar-refractivity contribution is -0.237. The van der Waals surface area contributed by atoms with Crippen molar-refractivity contribution in [2.45, 2.75) is 45.7 Å². The molecule has 1 heterocycles. The van der Waals surface area contributed by atoms with Crippen molar-refractivity contribution in [2.24, 2.45) is 0 Å². The van der Waals surface area contributed by atoms with Crippen molar-refractivity contribution in [2.75, 3.05) is 6.61 Å². The Labute approximate surface area is 126 Å². The van der Waals surface area contributed by atoms with E-state index in [0.717, 1.165) is 16.2 Å². The van der Waals surface area contributed by atoms with Gasteiger partial charge in [0.1, 0.15) is 0 Å². The van der Waals surface area contributed by atoms with Gasteiger partial charge in [-0.1, -0.05) is 30.3 Å². The minimum atomic E-state index is -0.916. The van der Waals surface area contributed by atoms with Crippen LogP contribution in [-0.2, 0) is 14.7 Å². The smallest absolute Gasteiger partial charge is 0.336 e. The Morgan fingerprint density at radius 1 is 1.10 bits per heavy atom. The number of hydrogen-bond acceptors (Lipinski definition) is 3. The Bertz CT molecular complexity index is 573. The van der Waals surface area contributed by atoms with E-state index in [1.165, 1.54) is 0 Å². The maximum atomic E-state index is 12.7. The number of ether oxygens (including phenoxy) is 1. The molecule has 0 aliphatic carbocycles. The van der Waals surface area contributed by atoms with Crippen molar-refractivity contribution in [1.29, 1.82) is 0 Å². The van der Waals surface area contributed by atoms with Gasteiger partial charge in [-0.3, -0.25) is 0 Å². The first kappa shape index (κ1) is 15.7. The molecule has 1 aliphatic rings. The fraction of sp³-hybridized carbons (Fsp3) is 0.471. The number of hydroxylamine groups is 2. The maximum absolute atomic E-state index is 12.7. The van der Waals surface area contributed by atoms with Gasteiger partial charge in [-0.25, -0.2) is 4.79 Å². The second-order valence-electron chi connectivity index (χ2n) is 6.25. The lowest BCUT2D eigenvalue weighted by atomic mass is 9.86. The molecule has 0 spiro atoms. The first-order valence-electron chi connectivity index (χ1n) is 7.19. The number of benzene rings is 1. The highest BCUT2D eigenvalue weighted by molar-refractivity contribution is 6.03. The Balaban J connectivity index is 2.71. The van der Waals surface area contributed by atoms with Crippen molar-refractivity contribution in [1.82, 2.24) is 5.06 Å². The predicted octanol–water partition coefficient (Wildman–Crippen LogP) is 3.22. The summed E-state index contributed by atoms with van der Waals surface area (Å²) in [5.41, 5.74) is 0.391. The normalized spacial score (nSPS) is 20.7. The molecule has 0 aromatic heterocycles. The predicted molar refractivity (Wildman–Crippen MR) is 80.7 cm³/mol. The van der Waals surface area contributed by atoms with Gasteiger partial charge < -0.3 is 4.74 Å². The van der Waals surface area contributed by atoms with Gasteiger partial charge in [-0.05, 0) is 45.8 Å². The molecular weight excluding hydrogens is 266 g/mol. The van der Waals surface area contributed by atoms with E-state index in [0.29, 0.717) is 12.2 Å². The molecule has 0 saturated carbocycles. The van der Waals surface area contributed by atoms with Gasteiger partial charge in [0, 0.05) is 0 Å². The van der Waals surface area contributed by atoms with Crippen molar-refractivity contribution in [3.8, 4) is 0 Å². The third-order valence-corrected chi connectivity index (χ3v) is 4.03. The van der Waals surface area contributed by atoms with Crippen LogP contribution in [-0.4, -0.2) is 28.7 Å². The molecular formula is C17H22NO3. The Hall–Kier alpha value is -1.65. The molecule has 0 N–H and O–H groups in total. The number of hydrogen-bond donors (Lipinski definition) is 0. The minimum Gasteiger partial charge on any atom is -0.463 e. The Morgan fingerprint density at radius 2 is 1.67 bits per heavy atom. The van der Waals surface area contributed by atoms with Gasteiger partial charge in [0.25, 0.3) is 0 Å². The number of nitrogens with zero attached hydrogens (tertiary/aromatic N) is 1. The molecule has 0 fully saturated rings. The number of rotatable bonds is 3. The zero-order chi connectivity index (χ0) is 15.8. The molecule has 0 amide bonds. The Morgan fingerprint density at radius 3 is 2.19 bits per heavy atom. The topological polar surface area (TPSA) is 49.4 Å². The molecule has 21 heavy (non-hydrogen) atoms. The molecule has 113 valence electrons. The van der Waals surface area contributed by atoms with E-state index in [1.54, 1.807) is 20.8 Å². The molecule has 0 saturated heterocycles. The first-order valence-corrected chi connectivity index (χ1v) is 7.19. The second-order valence-corrected chi connectivity index (χ2v) is 6.25. The van der Waals surface area contributed by atoms with Crippen LogP contribution < -0.4 is 0 Å². The third kappa shape index (κ3) is 2.39. The number of esters is 1. The van der Waals surface area contributed by atoms with Gasteiger partial charge in [0.2, 0.25) is 0 Å². The van der Waals surface area contributed by atoms with Crippen molar-refractivity contribution in [3.63, 3.8) is 0 Å². The van der Waals surface area contributed by atoms with E-state index in [2.05, 4.69) is 0 Å².